The van der Waals surface area contributed by atoms with Crippen LogP contribution in [0.5, 0.6) is 0 Å². The van der Waals surface area contributed by atoms with Crippen LogP contribution in [0.4, 0.5) is 4.79 Å². The summed E-state index contributed by atoms with van der Waals surface area (Å²) < 4.78 is 4.53. The van der Waals surface area contributed by atoms with Gasteiger partial charge in [-0.25, -0.2) is 14.8 Å². The van der Waals surface area contributed by atoms with E-state index in [4.69, 9.17) is 5.73 Å². The zero-order valence-electron chi connectivity index (χ0n) is 6.43. The quantitative estimate of drug-likeness (QED) is 0.693. The van der Waals surface area contributed by atoms with Crippen molar-refractivity contribution in [1.29, 1.82) is 0 Å². The molecule has 0 fully saturated rings. The second-order valence-corrected chi connectivity index (χ2v) is 2.16. The van der Waals surface area contributed by atoms with Crippen molar-refractivity contribution in [3.8, 4) is 0 Å². The van der Waals surface area contributed by atoms with Gasteiger partial charge in [-0.3, -0.25) is 0 Å². The summed E-state index contributed by atoms with van der Waals surface area (Å²) in [4.78, 5) is 17.8. The highest BCUT2D eigenvalue weighted by Gasteiger charge is 1.95. The molecule has 5 nitrogen and oxygen atoms in total. The zero-order valence-corrected chi connectivity index (χ0v) is 6.43. The van der Waals surface area contributed by atoms with Crippen LogP contribution in [0.3, 0.4) is 0 Å². The lowest BCUT2D eigenvalue weighted by molar-refractivity contribution is 0.158. The van der Waals surface area contributed by atoms with Crippen LogP contribution in [0, 0.1) is 0 Å². The molecule has 0 radical (unpaired) electrons. The second kappa shape index (κ2) is 4.27. The van der Waals surface area contributed by atoms with Crippen LogP contribution in [0.1, 0.15) is 5.56 Å². The molecule has 1 amide bonds. The third-order valence-corrected chi connectivity index (χ3v) is 1.25. The zero-order chi connectivity index (χ0) is 8.81. The van der Waals surface area contributed by atoms with E-state index < -0.39 is 6.09 Å². The molecular formula is C7H9N3O2. The number of carbonyl (C=O) groups is 1. The summed E-state index contributed by atoms with van der Waals surface area (Å²) in [7, 11) is 0. The maximum atomic E-state index is 10.2. The third kappa shape index (κ3) is 2.96. The van der Waals surface area contributed by atoms with E-state index in [-0.39, 0.29) is 6.61 Å². The molecule has 5 heteroatoms. The minimum Gasteiger partial charge on any atom is -0.449 e. The van der Waals surface area contributed by atoms with Gasteiger partial charge in [0.05, 0.1) is 6.61 Å². The molecule has 0 atom stereocenters. The molecular weight excluding hydrogens is 158 g/mol. The molecule has 12 heavy (non-hydrogen) atoms. The Kier molecular flexibility index (Phi) is 3.01. The molecule has 1 aromatic rings. The van der Waals surface area contributed by atoms with Crippen LogP contribution >= 0.6 is 0 Å². The molecule has 0 saturated heterocycles. The van der Waals surface area contributed by atoms with E-state index in [1.165, 1.54) is 6.33 Å². The number of nitrogens with zero attached hydrogens (tertiary/aromatic N) is 2. The number of hydrogen-bond acceptors (Lipinski definition) is 4. The minimum absolute atomic E-state index is 0.267. The van der Waals surface area contributed by atoms with Gasteiger partial charge < -0.3 is 10.5 Å². The summed E-state index contributed by atoms with van der Waals surface area (Å²) in [6.07, 6.45) is 4.60. The second-order valence-electron chi connectivity index (χ2n) is 2.16. The number of ether oxygens (including phenoxy) is 1. The summed E-state index contributed by atoms with van der Waals surface area (Å²) in [6.45, 7) is 0.267. The van der Waals surface area contributed by atoms with E-state index in [1.54, 1.807) is 12.4 Å². The van der Waals surface area contributed by atoms with Gasteiger partial charge in [0.2, 0.25) is 0 Å². The fourth-order valence-corrected chi connectivity index (χ4v) is 0.729. The van der Waals surface area contributed by atoms with Crippen molar-refractivity contribution >= 4 is 6.09 Å². The Morgan fingerprint density at radius 1 is 1.50 bits per heavy atom. The fourth-order valence-electron chi connectivity index (χ4n) is 0.729. The number of rotatable bonds is 3. The van der Waals surface area contributed by atoms with Gasteiger partial charge in [0, 0.05) is 18.8 Å². The first-order valence-corrected chi connectivity index (χ1v) is 3.45. The van der Waals surface area contributed by atoms with Gasteiger partial charge >= 0.3 is 6.09 Å². The van der Waals surface area contributed by atoms with Crippen molar-refractivity contribution in [2.24, 2.45) is 5.73 Å². The summed E-state index contributed by atoms with van der Waals surface area (Å²) >= 11 is 0. The Hall–Kier alpha value is -1.65. The first kappa shape index (κ1) is 8.45. The normalized spacial score (nSPS) is 9.33. The van der Waals surface area contributed by atoms with Gasteiger partial charge in [-0.2, -0.15) is 0 Å². The highest BCUT2D eigenvalue weighted by atomic mass is 16.5. The van der Waals surface area contributed by atoms with Crippen molar-refractivity contribution in [1.82, 2.24) is 9.97 Å². The van der Waals surface area contributed by atoms with Crippen LogP contribution in [0.25, 0.3) is 0 Å². The molecule has 0 aliphatic heterocycles. The Labute approximate surface area is 69.6 Å². The Morgan fingerprint density at radius 3 is 2.75 bits per heavy atom. The van der Waals surface area contributed by atoms with Crippen molar-refractivity contribution in [2.75, 3.05) is 6.61 Å². The van der Waals surface area contributed by atoms with Gasteiger partial charge in [-0.05, 0) is 5.56 Å². The third-order valence-electron chi connectivity index (χ3n) is 1.25. The number of carbonyl (C=O) groups excluding carboxylic acids is 1. The van der Waals surface area contributed by atoms with Crippen LogP contribution in [0.2, 0.25) is 0 Å². The van der Waals surface area contributed by atoms with Crippen molar-refractivity contribution < 1.29 is 9.53 Å². The van der Waals surface area contributed by atoms with Crippen LogP contribution < -0.4 is 5.73 Å². The van der Waals surface area contributed by atoms with E-state index in [9.17, 15) is 4.79 Å². The molecule has 0 aliphatic carbocycles. The average molecular weight is 167 g/mol. The first-order chi connectivity index (χ1) is 5.79. The van der Waals surface area contributed by atoms with E-state index in [1.807, 2.05) is 0 Å². The van der Waals surface area contributed by atoms with Crippen molar-refractivity contribution in [2.45, 2.75) is 6.42 Å². The maximum Gasteiger partial charge on any atom is 0.404 e. The molecule has 0 aliphatic rings. The average Bonchev–Trinajstić information content (AvgIpc) is 2.05. The number of primary amides is 1. The summed E-state index contributed by atoms with van der Waals surface area (Å²) in [6, 6.07) is 0. The lowest BCUT2D eigenvalue weighted by Crippen LogP contribution is -2.14. The van der Waals surface area contributed by atoms with Gasteiger partial charge in [-0.1, -0.05) is 0 Å². The monoisotopic (exact) mass is 167 g/mol. The molecule has 1 aromatic heterocycles. The van der Waals surface area contributed by atoms with Crippen LogP contribution in [0.15, 0.2) is 18.7 Å². The highest BCUT2D eigenvalue weighted by Crippen LogP contribution is 1.94. The lowest BCUT2D eigenvalue weighted by atomic mass is 10.3. The van der Waals surface area contributed by atoms with E-state index in [2.05, 4.69) is 14.7 Å². The largest absolute Gasteiger partial charge is 0.449 e. The molecule has 0 bridgehead atoms. The Bertz CT molecular complexity index is 250. The van der Waals surface area contributed by atoms with Gasteiger partial charge in [0.25, 0.3) is 0 Å². The number of nitrogens with two attached hydrogens (primary N) is 1. The molecule has 0 aromatic carbocycles. The Morgan fingerprint density at radius 2 is 2.17 bits per heavy atom. The van der Waals surface area contributed by atoms with Crippen LogP contribution in [-0.2, 0) is 11.2 Å². The molecule has 0 spiro atoms. The van der Waals surface area contributed by atoms with E-state index in [0.29, 0.717) is 6.42 Å². The summed E-state index contributed by atoms with van der Waals surface area (Å²) in [5, 5.41) is 0. The highest BCUT2D eigenvalue weighted by molar-refractivity contribution is 5.64. The molecule has 1 heterocycles. The topological polar surface area (TPSA) is 78.1 Å². The molecule has 0 saturated carbocycles. The smallest absolute Gasteiger partial charge is 0.404 e. The minimum atomic E-state index is -0.758. The van der Waals surface area contributed by atoms with Gasteiger partial charge in [-0.15, -0.1) is 0 Å². The first-order valence-electron chi connectivity index (χ1n) is 3.45. The van der Waals surface area contributed by atoms with Crippen molar-refractivity contribution in [3.63, 3.8) is 0 Å². The van der Waals surface area contributed by atoms with Crippen LogP contribution in [-0.4, -0.2) is 22.7 Å². The van der Waals surface area contributed by atoms with Crippen molar-refractivity contribution in [3.05, 3.63) is 24.3 Å². The molecule has 2 N–H and O–H groups in total. The van der Waals surface area contributed by atoms with Gasteiger partial charge in [0.15, 0.2) is 0 Å². The van der Waals surface area contributed by atoms with E-state index in [0.717, 1.165) is 5.56 Å². The summed E-state index contributed by atoms with van der Waals surface area (Å²) in [5.74, 6) is 0. The Balaban J connectivity index is 2.29. The predicted octanol–water partition coefficient (Wildman–Crippen LogP) is 0.114. The lowest BCUT2D eigenvalue weighted by Gasteiger charge is -1.99. The van der Waals surface area contributed by atoms with Gasteiger partial charge in [0.1, 0.15) is 6.33 Å². The SMILES string of the molecule is NC(=O)OCCc1cncnc1. The molecule has 1 rings (SSSR count). The number of amides is 1. The fraction of sp³-hybridized carbons (Fsp3) is 0.286. The van der Waals surface area contributed by atoms with E-state index >= 15 is 0 Å². The predicted molar refractivity (Wildman–Crippen MR) is 41.3 cm³/mol. The maximum absolute atomic E-state index is 10.2. The molecule has 0 unspecified atom stereocenters. The number of hydrogen-bond donors (Lipinski definition) is 1. The molecule has 64 valence electrons. The number of aromatic nitrogens is 2. The standard InChI is InChI=1S/C7H9N3O2/c8-7(11)12-2-1-6-3-9-5-10-4-6/h3-5H,1-2H2,(H2,8,11). The summed E-state index contributed by atoms with van der Waals surface area (Å²) in [5.41, 5.74) is 5.68.